The molecule has 0 bridgehead atoms. The van der Waals surface area contributed by atoms with E-state index in [4.69, 9.17) is 9.78 Å². The van der Waals surface area contributed by atoms with Crippen LogP contribution >= 0.6 is 0 Å². The van der Waals surface area contributed by atoms with Crippen molar-refractivity contribution in [3.63, 3.8) is 0 Å². The third kappa shape index (κ3) is 3.77. The van der Waals surface area contributed by atoms with E-state index in [1.165, 1.54) is 0 Å². The number of aryl methyl sites for hydroxylation is 1. The van der Waals surface area contributed by atoms with E-state index in [0.717, 1.165) is 24.0 Å². The van der Waals surface area contributed by atoms with Gasteiger partial charge in [0.05, 0.1) is 17.2 Å². The summed E-state index contributed by atoms with van der Waals surface area (Å²) in [5.41, 5.74) is 1.45. The summed E-state index contributed by atoms with van der Waals surface area (Å²) in [6.45, 7) is 1.98. The van der Waals surface area contributed by atoms with Gasteiger partial charge in [-0.15, -0.1) is 0 Å². The number of hydrogen-bond acceptors (Lipinski definition) is 6. The lowest BCUT2D eigenvalue weighted by molar-refractivity contribution is 0.424. The van der Waals surface area contributed by atoms with E-state index in [0.29, 0.717) is 12.3 Å². The molecule has 7 heteroatoms. The fourth-order valence-electron chi connectivity index (χ4n) is 2.31. The highest BCUT2D eigenvalue weighted by atomic mass is 32.2. The Bertz CT molecular complexity index is 843. The first-order valence-corrected chi connectivity index (χ1v) is 9.25. The number of benzene rings is 1. The lowest BCUT2D eigenvalue weighted by atomic mass is 10.1. The van der Waals surface area contributed by atoms with Gasteiger partial charge in [-0.05, 0) is 38.3 Å². The van der Waals surface area contributed by atoms with Gasteiger partial charge in [0.2, 0.25) is 0 Å². The molecule has 0 N–H and O–H groups in total. The smallest absolute Gasteiger partial charge is 0.257 e. The van der Waals surface area contributed by atoms with E-state index in [1.54, 1.807) is 0 Å². The van der Waals surface area contributed by atoms with Crippen molar-refractivity contribution in [3.8, 4) is 17.5 Å². The molecule has 1 aliphatic rings. The Hall–Kier alpha value is -2.20. The van der Waals surface area contributed by atoms with E-state index < -0.39 is 15.3 Å². The fraction of sp³-hybridized carbons (Fsp3) is 0.438. The largest absolute Gasteiger partial charge is 0.334 e. The molecule has 1 saturated carbocycles. The summed E-state index contributed by atoms with van der Waals surface area (Å²) in [5, 5.41) is 12.8. The Balaban J connectivity index is 1.66. The van der Waals surface area contributed by atoms with Crippen molar-refractivity contribution in [2.24, 2.45) is 5.41 Å². The van der Waals surface area contributed by atoms with Gasteiger partial charge in [0.1, 0.15) is 5.75 Å². The Morgan fingerprint density at radius 3 is 2.61 bits per heavy atom. The quantitative estimate of drug-likeness (QED) is 0.807. The standard InChI is InChI=1S/C16H17N3O3S/c1-12-2-4-13(5-3-12)15-18-14(19-22-15)10-23(20,21)9-8-16(11-17)6-7-16/h2-5H,6-10H2,1H3. The first-order chi connectivity index (χ1) is 10.9. The molecule has 1 aromatic heterocycles. The number of hydrogen-bond donors (Lipinski definition) is 0. The highest BCUT2D eigenvalue weighted by Gasteiger charge is 2.43. The number of nitrogens with zero attached hydrogens (tertiary/aromatic N) is 3. The van der Waals surface area contributed by atoms with Gasteiger partial charge in [0, 0.05) is 5.56 Å². The number of rotatable bonds is 6. The molecule has 3 rings (SSSR count). The zero-order valence-electron chi connectivity index (χ0n) is 12.8. The lowest BCUT2D eigenvalue weighted by Crippen LogP contribution is -2.14. The van der Waals surface area contributed by atoms with Crippen LogP contribution in [0.15, 0.2) is 28.8 Å². The van der Waals surface area contributed by atoms with Crippen molar-refractivity contribution in [1.29, 1.82) is 5.26 Å². The van der Waals surface area contributed by atoms with Crippen molar-refractivity contribution in [2.75, 3.05) is 5.75 Å². The van der Waals surface area contributed by atoms with Crippen LogP contribution in [-0.4, -0.2) is 24.3 Å². The second kappa shape index (κ2) is 5.78. The van der Waals surface area contributed by atoms with Gasteiger partial charge in [0.25, 0.3) is 5.89 Å². The monoisotopic (exact) mass is 331 g/mol. The summed E-state index contributed by atoms with van der Waals surface area (Å²) >= 11 is 0. The SMILES string of the molecule is Cc1ccc(-c2nc(CS(=O)(=O)CCC3(C#N)CC3)no2)cc1. The third-order valence-electron chi connectivity index (χ3n) is 4.10. The van der Waals surface area contributed by atoms with Crippen LogP contribution in [0.2, 0.25) is 0 Å². The first kappa shape index (κ1) is 15.7. The molecule has 0 aliphatic heterocycles. The van der Waals surface area contributed by atoms with Gasteiger partial charge in [-0.3, -0.25) is 0 Å². The van der Waals surface area contributed by atoms with E-state index >= 15 is 0 Å². The summed E-state index contributed by atoms with van der Waals surface area (Å²) in [7, 11) is -3.35. The second-order valence-electron chi connectivity index (χ2n) is 6.12. The zero-order valence-corrected chi connectivity index (χ0v) is 13.6. The highest BCUT2D eigenvalue weighted by Crippen LogP contribution is 2.48. The van der Waals surface area contributed by atoms with E-state index in [1.807, 2.05) is 31.2 Å². The van der Waals surface area contributed by atoms with Crippen LogP contribution in [0.3, 0.4) is 0 Å². The van der Waals surface area contributed by atoms with Gasteiger partial charge >= 0.3 is 0 Å². The van der Waals surface area contributed by atoms with Crippen LogP contribution in [0.25, 0.3) is 11.5 Å². The molecule has 0 atom stereocenters. The summed E-state index contributed by atoms with van der Waals surface area (Å²) in [4.78, 5) is 4.15. The van der Waals surface area contributed by atoms with Crippen LogP contribution in [0.4, 0.5) is 0 Å². The van der Waals surface area contributed by atoms with Gasteiger partial charge < -0.3 is 4.52 Å². The van der Waals surface area contributed by atoms with Crippen LogP contribution < -0.4 is 0 Å². The molecular weight excluding hydrogens is 314 g/mol. The molecule has 1 aliphatic carbocycles. The molecule has 1 heterocycles. The van der Waals surface area contributed by atoms with Crippen molar-refractivity contribution in [1.82, 2.24) is 10.1 Å². The Kier molecular flexibility index (Phi) is 3.94. The van der Waals surface area contributed by atoms with Gasteiger partial charge in [-0.2, -0.15) is 10.2 Å². The number of sulfone groups is 1. The second-order valence-corrected chi connectivity index (χ2v) is 8.30. The molecule has 0 saturated heterocycles. The van der Waals surface area contributed by atoms with E-state index in [-0.39, 0.29) is 17.3 Å². The average molecular weight is 331 g/mol. The Morgan fingerprint density at radius 2 is 2.00 bits per heavy atom. The minimum Gasteiger partial charge on any atom is -0.334 e. The average Bonchev–Trinajstić information content (AvgIpc) is 3.18. The topological polar surface area (TPSA) is 96.8 Å². The van der Waals surface area contributed by atoms with Crippen LogP contribution in [-0.2, 0) is 15.6 Å². The molecule has 120 valence electrons. The van der Waals surface area contributed by atoms with Crippen molar-refractivity contribution >= 4 is 9.84 Å². The maximum Gasteiger partial charge on any atom is 0.257 e. The third-order valence-corrected chi connectivity index (χ3v) is 5.62. The van der Waals surface area contributed by atoms with Crippen molar-refractivity contribution in [2.45, 2.75) is 31.9 Å². The van der Waals surface area contributed by atoms with Gasteiger partial charge in [-0.1, -0.05) is 22.9 Å². The van der Waals surface area contributed by atoms with E-state index in [2.05, 4.69) is 16.2 Å². The molecule has 6 nitrogen and oxygen atoms in total. The Labute approximate surface area is 135 Å². The summed E-state index contributed by atoms with van der Waals surface area (Å²) in [6.07, 6.45) is 1.96. The molecule has 0 unspecified atom stereocenters. The van der Waals surface area contributed by atoms with Crippen molar-refractivity contribution in [3.05, 3.63) is 35.7 Å². The molecule has 1 fully saturated rings. The minimum absolute atomic E-state index is 0.0189. The normalized spacial score (nSPS) is 16.0. The van der Waals surface area contributed by atoms with Crippen molar-refractivity contribution < 1.29 is 12.9 Å². The van der Waals surface area contributed by atoms with Crippen LogP contribution in [0.1, 0.15) is 30.7 Å². The van der Waals surface area contributed by atoms with Crippen LogP contribution in [0.5, 0.6) is 0 Å². The van der Waals surface area contributed by atoms with Gasteiger partial charge in [-0.25, -0.2) is 8.42 Å². The summed E-state index contributed by atoms with van der Waals surface area (Å²) < 4.78 is 29.4. The fourth-order valence-corrected chi connectivity index (χ4v) is 3.67. The molecule has 1 aromatic carbocycles. The number of nitriles is 1. The molecular formula is C16H17N3O3S. The summed E-state index contributed by atoms with van der Waals surface area (Å²) in [5.74, 6) is 0.187. The molecule has 23 heavy (non-hydrogen) atoms. The summed E-state index contributed by atoms with van der Waals surface area (Å²) in [6, 6.07) is 9.76. The predicted molar refractivity (Wildman–Crippen MR) is 83.9 cm³/mol. The van der Waals surface area contributed by atoms with Gasteiger partial charge in [0.15, 0.2) is 15.7 Å². The molecule has 2 aromatic rings. The number of aromatic nitrogens is 2. The molecule has 0 radical (unpaired) electrons. The maximum absolute atomic E-state index is 12.1. The lowest BCUT2D eigenvalue weighted by Gasteiger charge is -2.04. The molecule has 0 spiro atoms. The maximum atomic E-state index is 12.1. The Morgan fingerprint density at radius 1 is 1.30 bits per heavy atom. The highest BCUT2D eigenvalue weighted by molar-refractivity contribution is 7.90. The first-order valence-electron chi connectivity index (χ1n) is 7.43. The molecule has 0 amide bonds. The van der Waals surface area contributed by atoms with E-state index in [9.17, 15) is 8.42 Å². The predicted octanol–water partition coefficient (Wildman–Crippen LogP) is 2.65. The van der Waals surface area contributed by atoms with Crippen LogP contribution in [0, 0.1) is 23.7 Å². The minimum atomic E-state index is -3.35. The zero-order chi connectivity index (χ0) is 16.5.